The number of ether oxygens (including phenoxy) is 2. The molecule has 0 N–H and O–H groups in total. The predicted octanol–water partition coefficient (Wildman–Crippen LogP) is 1.90. The van der Waals surface area contributed by atoms with Crippen molar-refractivity contribution in [1.29, 1.82) is 0 Å². The van der Waals surface area contributed by atoms with E-state index in [0.29, 0.717) is 23.8 Å². The van der Waals surface area contributed by atoms with Gasteiger partial charge in [-0.15, -0.1) is 0 Å². The number of esters is 1. The smallest absolute Gasteiger partial charge is 0.339 e. The van der Waals surface area contributed by atoms with Crippen molar-refractivity contribution in [2.24, 2.45) is 0 Å². The fourth-order valence-corrected chi connectivity index (χ4v) is 1.25. The summed E-state index contributed by atoms with van der Waals surface area (Å²) in [4.78, 5) is 11.4. The second-order valence-electron chi connectivity index (χ2n) is 3.03. The van der Waals surface area contributed by atoms with Crippen molar-refractivity contribution >= 4 is 17.6 Å². The molecule has 1 atom stereocenters. The molecule has 1 aromatic carbocycles. The van der Waals surface area contributed by atoms with Gasteiger partial charge in [-0.1, -0.05) is 23.7 Å². The van der Waals surface area contributed by atoms with Crippen LogP contribution >= 0.6 is 11.6 Å². The molecule has 0 amide bonds. The highest BCUT2D eigenvalue weighted by Crippen LogP contribution is 2.17. The van der Waals surface area contributed by atoms with Crippen molar-refractivity contribution in [3.05, 3.63) is 34.9 Å². The molecule has 14 heavy (non-hydrogen) atoms. The zero-order chi connectivity index (χ0) is 9.97. The third kappa shape index (κ3) is 2.25. The van der Waals surface area contributed by atoms with Crippen molar-refractivity contribution in [2.75, 3.05) is 13.2 Å². The van der Waals surface area contributed by atoms with Gasteiger partial charge in [-0.3, -0.25) is 0 Å². The van der Waals surface area contributed by atoms with E-state index in [0.717, 1.165) is 0 Å². The molecule has 0 saturated carbocycles. The Morgan fingerprint density at radius 1 is 1.57 bits per heavy atom. The first-order valence-corrected chi connectivity index (χ1v) is 4.68. The van der Waals surface area contributed by atoms with E-state index in [2.05, 4.69) is 0 Å². The lowest BCUT2D eigenvalue weighted by atomic mass is 10.2. The fourth-order valence-electron chi connectivity index (χ4n) is 1.04. The maximum atomic E-state index is 11.4. The van der Waals surface area contributed by atoms with Crippen molar-refractivity contribution in [3.8, 4) is 0 Å². The molecule has 2 rings (SSSR count). The molecule has 1 aliphatic heterocycles. The van der Waals surface area contributed by atoms with E-state index in [9.17, 15) is 4.79 Å². The van der Waals surface area contributed by atoms with Gasteiger partial charge in [-0.05, 0) is 12.1 Å². The molecule has 1 aliphatic rings. The molecule has 0 aromatic heterocycles. The maximum Gasteiger partial charge on any atom is 0.339 e. The van der Waals surface area contributed by atoms with Gasteiger partial charge < -0.3 is 9.47 Å². The normalized spacial score (nSPS) is 19.1. The molecule has 1 aromatic rings. The molecule has 1 saturated heterocycles. The highest BCUT2D eigenvalue weighted by molar-refractivity contribution is 6.33. The van der Waals surface area contributed by atoms with Crippen LogP contribution < -0.4 is 0 Å². The van der Waals surface area contributed by atoms with Gasteiger partial charge in [0.15, 0.2) is 0 Å². The van der Waals surface area contributed by atoms with Gasteiger partial charge >= 0.3 is 5.97 Å². The van der Waals surface area contributed by atoms with E-state index >= 15 is 0 Å². The topological polar surface area (TPSA) is 38.8 Å². The minimum Gasteiger partial charge on any atom is -0.459 e. The van der Waals surface area contributed by atoms with E-state index in [1.807, 2.05) is 0 Å². The van der Waals surface area contributed by atoms with Crippen molar-refractivity contribution in [2.45, 2.75) is 6.10 Å². The third-order valence-corrected chi connectivity index (χ3v) is 2.23. The van der Waals surface area contributed by atoms with Crippen molar-refractivity contribution < 1.29 is 14.3 Å². The number of hydrogen-bond acceptors (Lipinski definition) is 3. The predicted molar refractivity (Wildman–Crippen MR) is 51.5 cm³/mol. The quantitative estimate of drug-likeness (QED) is 0.568. The minimum atomic E-state index is -0.397. The SMILES string of the molecule is O=C(OC[C@@H]1CO1)c1ccccc1Cl. The van der Waals surface area contributed by atoms with E-state index in [4.69, 9.17) is 21.1 Å². The summed E-state index contributed by atoms with van der Waals surface area (Å²) < 4.78 is 9.90. The number of carbonyl (C=O) groups excluding carboxylic acids is 1. The number of epoxide rings is 1. The van der Waals surface area contributed by atoms with Crippen LogP contribution in [-0.4, -0.2) is 25.3 Å². The summed E-state index contributed by atoms with van der Waals surface area (Å²) in [6.45, 7) is 0.986. The molecule has 0 spiro atoms. The zero-order valence-corrected chi connectivity index (χ0v) is 8.16. The molecule has 4 heteroatoms. The molecule has 3 nitrogen and oxygen atoms in total. The lowest BCUT2D eigenvalue weighted by Crippen LogP contribution is -2.10. The van der Waals surface area contributed by atoms with Crippen LogP contribution in [0.5, 0.6) is 0 Å². The Bertz CT molecular complexity index is 347. The Kier molecular flexibility index (Phi) is 2.70. The Hall–Kier alpha value is -1.06. The number of hydrogen-bond donors (Lipinski definition) is 0. The van der Waals surface area contributed by atoms with Crippen LogP contribution in [-0.2, 0) is 9.47 Å². The Balaban J connectivity index is 1.98. The summed E-state index contributed by atoms with van der Waals surface area (Å²) in [7, 11) is 0. The fraction of sp³-hybridized carbons (Fsp3) is 0.300. The van der Waals surface area contributed by atoms with E-state index in [1.165, 1.54) is 0 Å². The van der Waals surface area contributed by atoms with Crippen molar-refractivity contribution in [3.63, 3.8) is 0 Å². The van der Waals surface area contributed by atoms with Gasteiger partial charge in [0.2, 0.25) is 0 Å². The van der Waals surface area contributed by atoms with Crippen LogP contribution in [0.4, 0.5) is 0 Å². The molecular weight excluding hydrogens is 204 g/mol. The first kappa shape index (κ1) is 9.49. The van der Waals surface area contributed by atoms with E-state index in [1.54, 1.807) is 24.3 Å². The first-order valence-electron chi connectivity index (χ1n) is 4.30. The highest BCUT2D eigenvalue weighted by Gasteiger charge is 2.24. The van der Waals surface area contributed by atoms with Crippen LogP contribution in [0.15, 0.2) is 24.3 Å². The average molecular weight is 213 g/mol. The lowest BCUT2D eigenvalue weighted by Gasteiger charge is -2.03. The number of benzene rings is 1. The summed E-state index contributed by atoms with van der Waals surface area (Å²) in [5, 5.41) is 0.411. The molecule has 0 bridgehead atoms. The number of carbonyl (C=O) groups is 1. The second-order valence-corrected chi connectivity index (χ2v) is 3.44. The van der Waals surface area contributed by atoms with Crippen LogP contribution in [0.1, 0.15) is 10.4 Å². The Labute approximate surface area is 86.6 Å². The van der Waals surface area contributed by atoms with Gasteiger partial charge in [0, 0.05) is 0 Å². The molecule has 1 fully saturated rings. The Morgan fingerprint density at radius 2 is 2.29 bits per heavy atom. The van der Waals surface area contributed by atoms with Gasteiger partial charge in [0.05, 0.1) is 17.2 Å². The zero-order valence-electron chi connectivity index (χ0n) is 7.40. The minimum absolute atomic E-state index is 0.0847. The number of halogens is 1. The largest absolute Gasteiger partial charge is 0.459 e. The first-order chi connectivity index (χ1) is 6.77. The summed E-state index contributed by atoms with van der Waals surface area (Å²) >= 11 is 5.82. The Morgan fingerprint density at radius 3 is 2.93 bits per heavy atom. The summed E-state index contributed by atoms with van der Waals surface area (Å²) in [5.74, 6) is -0.397. The maximum absolute atomic E-state index is 11.4. The molecular formula is C10H9ClO3. The van der Waals surface area contributed by atoms with Crippen molar-refractivity contribution in [1.82, 2.24) is 0 Å². The monoisotopic (exact) mass is 212 g/mol. The highest BCUT2D eigenvalue weighted by atomic mass is 35.5. The van der Waals surface area contributed by atoms with Crippen LogP contribution in [0.2, 0.25) is 5.02 Å². The molecule has 1 heterocycles. The average Bonchev–Trinajstić information content (AvgIpc) is 2.98. The van der Waals surface area contributed by atoms with Crippen LogP contribution in [0.25, 0.3) is 0 Å². The lowest BCUT2D eigenvalue weighted by molar-refractivity contribution is 0.0477. The molecule has 74 valence electrons. The van der Waals surface area contributed by atoms with E-state index < -0.39 is 5.97 Å². The van der Waals surface area contributed by atoms with Gasteiger partial charge in [0.25, 0.3) is 0 Å². The third-order valence-electron chi connectivity index (χ3n) is 1.90. The summed E-state index contributed by atoms with van der Waals surface area (Å²) in [6.07, 6.45) is 0.0847. The summed E-state index contributed by atoms with van der Waals surface area (Å²) in [5.41, 5.74) is 0.398. The van der Waals surface area contributed by atoms with Gasteiger partial charge in [-0.2, -0.15) is 0 Å². The molecule has 0 radical (unpaired) electrons. The van der Waals surface area contributed by atoms with Gasteiger partial charge in [0.1, 0.15) is 12.7 Å². The van der Waals surface area contributed by atoms with Crippen LogP contribution in [0, 0.1) is 0 Å². The summed E-state index contributed by atoms with van der Waals surface area (Å²) in [6, 6.07) is 6.81. The molecule has 0 aliphatic carbocycles. The second kappa shape index (κ2) is 3.98. The van der Waals surface area contributed by atoms with Gasteiger partial charge in [-0.25, -0.2) is 4.79 Å². The van der Waals surface area contributed by atoms with Crippen LogP contribution in [0.3, 0.4) is 0 Å². The molecule has 0 unspecified atom stereocenters. The van der Waals surface area contributed by atoms with E-state index in [-0.39, 0.29) is 6.10 Å². The standard InChI is InChI=1S/C10H9ClO3/c11-9-4-2-1-3-8(9)10(12)14-6-7-5-13-7/h1-4,7H,5-6H2/t7-/m0/s1. The number of rotatable bonds is 3.